The van der Waals surface area contributed by atoms with E-state index in [1.54, 1.807) is 22.6 Å². The van der Waals surface area contributed by atoms with Crippen molar-refractivity contribution in [3.8, 4) is 11.1 Å². The molecule has 5 N–H and O–H groups in total. The number of benzene rings is 1. The van der Waals surface area contributed by atoms with Crippen molar-refractivity contribution in [3.63, 3.8) is 0 Å². The lowest BCUT2D eigenvalue weighted by molar-refractivity contribution is -0.192. The van der Waals surface area contributed by atoms with Gasteiger partial charge in [-0.2, -0.15) is 13.2 Å². The molecule has 242 valence electrons. The number of amides is 1. The number of halogens is 3. The molecule has 1 aliphatic heterocycles. The number of aromatic nitrogens is 1. The molecule has 1 aromatic carbocycles. The van der Waals surface area contributed by atoms with Crippen molar-refractivity contribution in [2.45, 2.75) is 69.8 Å². The van der Waals surface area contributed by atoms with Gasteiger partial charge in [-0.1, -0.05) is 0 Å². The number of hydrogen-bond acceptors (Lipinski definition) is 7. The lowest BCUT2D eigenvalue weighted by Gasteiger charge is -2.31. The highest BCUT2D eigenvalue weighted by atomic mass is 32.2. The van der Waals surface area contributed by atoms with Crippen molar-refractivity contribution in [1.82, 2.24) is 14.2 Å². The molecule has 1 saturated heterocycles. The number of rotatable bonds is 8. The third-order valence-electron chi connectivity index (χ3n) is 8.38. The number of carbonyl (C=O) groups is 2. The van der Waals surface area contributed by atoms with Crippen LogP contribution in [0.15, 0.2) is 29.8 Å². The van der Waals surface area contributed by atoms with Crippen molar-refractivity contribution in [2.75, 3.05) is 25.9 Å². The molecule has 3 aromatic rings. The molecule has 15 heteroatoms. The van der Waals surface area contributed by atoms with Crippen LogP contribution in [0.2, 0.25) is 0 Å². The molecule has 1 aliphatic carbocycles. The molecule has 0 bridgehead atoms. The summed E-state index contributed by atoms with van der Waals surface area (Å²) in [5, 5.41) is 20.5. The second-order valence-electron chi connectivity index (χ2n) is 11.2. The maximum atomic E-state index is 12.4. The summed E-state index contributed by atoms with van der Waals surface area (Å²) in [6.45, 7) is 3.46. The van der Waals surface area contributed by atoms with Crippen LogP contribution < -0.4 is 5.73 Å². The molecule has 44 heavy (non-hydrogen) atoms. The average molecular weight is 659 g/mol. The van der Waals surface area contributed by atoms with Crippen LogP contribution in [-0.4, -0.2) is 88.9 Å². The number of carboxylic acid groups (broad SMARTS) is 1. The predicted molar refractivity (Wildman–Crippen MR) is 162 cm³/mol. The summed E-state index contributed by atoms with van der Waals surface area (Å²) < 4.78 is 57.9. The number of aromatic amines is 1. The summed E-state index contributed by atoms with van der Waals surface area (Å²) in [6.07, 6.45) is 1.05. The number of fused-ring (bicyclic) bond motifs is 1. The Hall–Kier alpha value is -2.98. The lowest BCUT2D eigenvalue weighted by Crippen LogP contribution is -2.38. The standard InChI is InChI=1S/C27H36N4O4S2.C2HF3O2/c1-3-37(34,35)31-9-7-17(8-10-31)23-14-29-26-21(23)12-18(13-22(26)27(28)33)19-11-20(36-16-19)15-30(2)24-5-4-6-25(24)32;3-2(4,5)1(6)7/h11-14,16-17,24-25,29,32H,3-10,15H2,1-2H3,(H2,28,33);(H,6,7)/t24-,25-;/m1./s1. The number of nitrogens with one attached hydrogen (secondary N) is 1. The largest absolute Gasteiger partial charge is 0.490 e. The first-order chi connectivity index (χ1) is 20.6. The third kappa shape index (κ3) is 7.62. The van der Waals surface area contributed by atoms with E-state index in [0.29, 0.717) is 18.7 Å². The van der Waals surface area contributed by atoms with E-state index in [1.165, 1.54) is 4.88 Å². The van der Waals surface area contributed by atoms with Crippen LogP contribution in [0.25, 0.3) is 22.0 Å². The maximum Gasteiger partial charge on any atom is 0.490 e. The first-order valence-electron chi connectivity index (χ1n) is 14.3. The number of sulfonamides is 1. The first-order valence-corrected chi connectivity index (χ1v) is 16.8. The quantitative estimate of drug-likeness (QED) is 0.278. The number of alkyl halides is 3. The molecule has 2 aromatic heterocycles. The van der Waals surface area contributed by atoms with Crippen LogP contribution in [0.4, 0.5) is 13.2 Å². The van der Waals surface area contributed by atoms with E-state index in [-0.39, 0.29) is 23.8 Å². The minimum atomic E-state index is -5.08. The van der Waals surface area contributed by atoms with Gasteiger partial charge in [0.25, 0.3) is 5.91 Å². The number of primary amides is 1. The molecule has 2 aliphatic rings. The molecule has 0 spiro atoms. The molecule has 1 saturated carbocycles. The Morgan fingerprint density at radius 1 is 1.14 bits per heavy atom. The molecule has 5 rings (SSSR count). The molecular weight excluding hydrogens is 621 g/mol. The fourth-order valence-electron chi connectivity index (χ4n) is 5.99. The molecule has 3 heterocycles. The van der Waals surface area contributed by atoms with Gasteiger partial charge in [0.1, 0.15) is 0 Å². The number of thiophene rings is 1. The van der Waals surface area contributed by atoms with Gasteiger partial charge in [0, 0.05) is 42.1 Å². The van der Waals surface area contributed by atoms with Crippen LogP contribution >= 0.6 is 11.3 Å². The van der Waals surface area contributed by atoms with E-state index in [4.69, 9.17) is 15.6 Å². The summed E-state index contributed by atoms with van der Waals surface area (Å²) >= 11 is 1.68. The summed E-state index contributed by atoms with van der Waals surface area (Å²) in [5.74, 6) is -2.91. The Bertz CT molecular complexity index is 1600. The van der Waals surface area contributed by atoms with Crippen molar-refractivity contribution >= 4 is 44.1 Å². The zero-order valence-corrected chi connectivity index (χ0v) is 26.1. The number of likely N-dealkylation sites (N-methyl/N-ethyl adjacent to an activating group) is 1. The van der Waals surface area contributed by atoms with Crippen molar-refractivity contribution in [3.05, 3.63) is 45.8 Å². The fraction of sp³-hybridized carbons (Fsp3) is 0.517. The minimum absolute atomic E-state index is 0.121. The Balaban J connectivity index is 0.000000566. The third-order valence-corrected chi connectivity index (χ3v) is 11.2. The minimum Gasteiger partial charge on any atom is -0.475 e. The topological polar surface area (TPSA) is 157 Å². The second kappa shape index (κ2) is 13.6. The zero-order chi connectivity index (χ0) is 32.4. The van der Waals surface area contributed by atoms with Crippen LogP contribution in [0.5, 0.6) is 0 Å². The predicted octanol–water partition coefficient (Wildman–Crippen LogP) is 4.50. The van der Waals surface area contributed by atoms with Gasteiger partial charge in [0.05, 0.1) is 22.9 Å². The molecule has 1 amide bonds. The lowest BCUT2D eigenvalue weighted by atomic mass is 9.88. The molecule has 0 radical (unpaired) electrons. The number of nitrogens with two attached hydrogens (primary N) is 1. The van der Waals surface area contributed by atoms with E-state index < -0.39 is 28.1 Å². The summed E-state index contributed by atoms with van der Waals surface area (Å²) in [7, 11) is -1.12. The number of aliphatic carboxylic acids is 1. The van der Waals surface area contributed by atoms with Crippen molar-refractivity contribution in [1.29, 1.82) is 0 Å². The SMILES string of the molecule is CCS(=O)(=O)N1CCC(c2c[nH]c3c(C(N)=O)cc(-c4csc(CN(C)[C@@H]5CCC[C@H]5O)c4)cc23)CC1.O=C(O)C(F)(F)F. The van der Waals surface area contributed by atoms with Gasteiger partial charge in [-0.05, 0) is 92.3 Å². The van der Waals surface area contributed by atoms with Crippen LogP contribution in [0, 0.1) is 0 Å². The van der Waals surface area contributed by atoms with Gasteiger partial charge >= 0.3 is 12.1 Å². The summed E-state index contributed by atoms with van der Waals surface area (Å²) in [6, 6.07) is 6.34. The van der Waals surface area contributed by atoms with Crippen molar-refractivity contribution in [2.24, 2.45) is 5.73 Å². The normalized spacial score (nSPS) is 20.2. The van der Waals surface area contributed by atoms with E-state index in [0.717, 1.165) is 66.2 Å². The van der Waals surface area contributed by atoms with Crippen molar-refractivity contribution < 1.29 is 41.4 Å². The molecule has 2 atom stereocenters. The molecule has 10 nitrogen and oxygen atoms in total. The number of hydrogen-bond donors (Lipinski definition) is 4. The Morgan fingerprint density at radius 2 is 1.80 bits per heavy atom. The smallest absolute Gasteiger partial charge is 0.475 e. The van der Waals surface area contributed by atoms with Crippen LogP contribution in [0.1, 0.15) is 65.7 Å². The molecular formula is C29H37F3N4O6S2. The number of piperidine rings is 1. The number of aliphatic hydroxyl groups is 1. The van der Waals surface area contributed by atoms with Gasteiger partial charge < -0.3 is 20.9 Å². The van der Waals surface area contributed by atoms with E-state index in [2.05, 4.69) is 34.4 Å². The maximum absolute atomic E-state index is 12.4. The zero-order valence-electron chi connectivity index (χ0n) is 24.4. The number of H-pyrrole nitrogens is 1. The number of aliphatic hydroxyl groups excluding tert-OH is 1. The van der Waals surface area contributed by atoms with E-state index in [1.807, 2.05) is 12.3 Å². The highest BCUT2D eigenvalue weighted by molar-refractivity contribution is 7.89. The van der Waals surface area contributed by atoms with E-state index >= 15 is 0 Å². The van der Waals surface area contributed by atoms with Gasteiger partial charge in [0.15, 0.2) is 0 Å². The van der Waals surface area contributed by atoms with Crippen LogP contribution in [-0.2, 0) is 21.4 Å². The highest BCUT2D eigenvalue weighted by Crippen LogP contribution is 2.38. The fourth-order valence-corrected chi connectivity index (χ4v) is 8.08. The monoisotopic (exact) mass is 658 g/mol. The first kappa shape index (κ1) is 33.9. The van der Waals surface area contributed by atoms with Gasteiger partial charge in [0.2, 0.25) is 10.0 Å². The van der Waals surface area contributed by atoms with Gasteiger partial charge in [-0.25, -0.2) is 17.5 Å². The number of carboxylic acids is 1. The van der Waals surface area contributed by atoms with Crippen LogP contribution in [0.3, 0.4) is 0 Å². The molecule has 0 unspecified atom stereocenters. The second-order valence-corrected chi connectivity index (χ2v) is 14.5. The van der Waals surface area contributed by atoms with Gasteiger partial charge in [-0.15, -0.1) is 11.3 Å². The summed E-state index contributed by atoms with van der Waals surface area (Å²) in [5.41, 5.74) is 10.1. The Morgan fingerprint density at radius 3 is 2.34 bits per heavy atom. The highest BCUT2D eigenvalue weighted by Gasteiger charge is 2.38. The Labute approximate surface area is 257 Å². The van der Waals surface area contributed by atoms with Gasteiger partial charge in [-0.3, -0.25) is 9.69 Å². The number of carbonyl (C=O) groups excluding carboxylic acids is 1. The Kier molecular flexibility index (Phi) is 10.5. The molecule has 2 fully saturated rings. The summed E-state index contributed by atoms with van der Waals surface area (Å²) in [4.78, 5) is 28.0. The average Bonchev–Trinajstić information content (AvgIpc) is 3.72. The van der Waals surface area contributed by atoms with E-state index in [9.17, 15) is 31.5 Å². The number of nitrogens with zero attached hydrogens (tertiary/aromatic N) is 2.